The molecule has 0 saturated carbocycles. The van der Waals surface area contributed by atoms with Crippen LogP contribution in [0.25, 0.3) is 0 Å². The third-order valence-corrected chi connectivity index (χ3v) is 3.97. The highest BCUT2D eigenvalue weighted by atomic mass is 32.1. The van der Waals surface area contributed by atoms with Gasteiger partial charge in [0, 0.05) is 12.0 Å². The van der Waals surface area contributed by atoms with E-state index < -0.39 is 5.97 Å². The Bertz CT molecular complexity index is 607. The first-order valence-corrected chi connectivity index (χ1v) is 7.39. The van der Waals surface area contributed by atoms with Gasteiger partial charge < -0.3 is 9.84 Å². The van der Waals surface area contributed by atoms with Gasteiger partial charge in [0.25, 0.3) is 0 Å². The Kier molecular flexibility index (Phi) is 4.74. The lowest BCUT2D eigenvalue weighted by Gasteiger charge is -2.08. The molecule has 1 aromatic carbocycles. The van der Waals surface area contributed by atoms with Crippen molar-refractivity contribution >= 4 is 17.3 Å². The van der Waals surface area contributed by atoms with Crippen molar-refractivity contribution in [3.63, 3.8) is 0 Å². The number of benzene rings is 1. The standard InChI is InChI=1S/C15H17NO3S/c1-3-11-14(15(17)18)20-13(16-11)9-10-7-5-6-8-12(10)19-4-2/h5-8H,3-4,9H2,1-2H3,(H,17,18). The van der Waals surface area contributed by atoms with Crippen molar-refractivity contribution in [3.8, 4) is 5.75 Å². The summed E-state index contributed by atoms with van der Waals surface area (Å²) in [4.78, 5) is 15.9. The summed E-state index contributed by atoms with van der Waals surface area (Å²) < 4.78 is 5.58. The van der Waals surface area contributed by atoms with Crippen molar-refractivity contribution < 1.29 is 14.6 Å². The maximum absolute atomic E-state index is 11.2. The third kappa shape index (κ3) is 3.17. The zero-order chi connectivity index (χ0) is 14.5. The predicted molar refractivity (Wildman–Crippen MR) is 78.9 cm³/mol. The molecular formula is C15H17NO3S. The summed E-state index contributed by atoms with van der Waals surface area (Å²) in [6, 6.07) is 7.78. The summed E-state index contributed by atoms with van der Waals surface area (Å²) in [7, 11) is 0. The number of rotatable bonds is 6. The second kappa shape index (κ2) is 6.52. The lowest BCUT2D eigenvalue weighted by molar-refractivity contribution is 0.0701. The number of carboxylic acids is 1. The van der Waals surface area contributed by atoms with Gasteiger partial charge in [0.2, 0.25) is 0 Å². The Labute approximate surface area is 122 Å². The van der Waals surface area contributed by atoms with E-state index in [-0.39, 0.29) is 0 Å². The van der Waals surface area contributed by atoms with E-state index >= 15 is 0 Å². The second-order valence-electron chi connectivity index (χ2n) is 4.26. The number of aromatic carboxylic acids is 1. The van der Waals surface area contributed by atoms with Crippen LogP contribution in [0.5, 0.6) is 5.75 Å². The summed E-state index contributed by atoms with van der Waals surface area (Å²) in [5.41, 5.74) is 1.69. The van der Waals surface area contributed by atoms with Gasteiger partial charge in [-0.25, -0.2) is 9.78 Å². The zero-order valence-electron chi connectivity index (χ0n) is 11.5. The van der Waals surface area contributed by atoms with E-state index in [4.69, 9.17) is 9.84 Å². The Balaban J connectivity index is 2.28. The largest absolute Gasteiger partial charge is 0.494 e. The number of para-hydroxylation sites is 1. The lowest BCUT2D eigenvalue weighted by Crippen LogP contribution is -1.98. The van der Waals surface area contributed by atoms with E-state index in [2.05, 4.69) is 4.98 Å². The van der Waals surface area contributed by atoms with Gasteiger partial charge in [-0.3, -0.25) is 0 Å². The fraction of sp³-hybridized carbons (Fsp3) is 0.333. The molecule has 0 aliphatic carbocycles. The molecule has 1 heterocycles. The van der Waals surface area contributed by atoms with Crippen molar-refractivity contribution in [2.24, 2.45) is 0 Å². The molecule has 0 unspecified atom stereocenters. The average Bonchev–Trinajstić information content (AvgIpc) is 2.84. The van der Waals surface area contributed by atoms with Crippen LogP contribution < -0.4 is 4.74 Å². The first kappa shape index (κ1) is 14.5. The first-order valence-electron chi connectivity index (χ1n) is 6.58. The molecule has 0 fully saturated rings. The molecule has 0 bridgehead atoms. The van der Waals surface area contributed by atoms with Gasteiger partial charge in [0.1, 0.15) is 10.6 Å². The van der Waals surface area contributed by atoms with Crippen molar-refractivity contribution in [2.75, 3.05) is 6.61 Å². The Hall–Kier alpha value is -1.88. The highest BCUT2D eigenvalue weighted by molar-refractivity contribution is 7.13. The van der Waals surface area contributed by atoms with Gasteiger partial charge >= 0.3 is 5.97 Å². The number of hydrogen-bond acceptors (Lipinski definition) is 4. The SMILES string of the molecule is CCOc1ccccc1Cc1nc(CC)c(C(=O)O)s1. The molecular weight excluding hydrogens is 274 g/mol. The summed E-state index contributed by atoms with van der Waals surface area (Å²) >= 11 is 1.25. The Morgan fingerprint density at radius 2 is 2.10 bits per heavy atom. The molecule has 0 spiro atoms. The molecule has 1 aromatic heterocycles. The number of hydrogen-bond donors (Lipinski definition) is 1. The van der Waals surface area contributed by atoms with Gasteiger partial charge in [-0.15, -0.1) is 11.3 Å². The summed E-state index contributed by atoms with van der Waals surface area (Å²) in [6.45, 7) is 4.47. The van der Waals surface area contributed by atoms with E-state index in [9.17, 15) is 4.79 Å². The van der Waals surface area contributed by atoms with Crippen molar-refractivity contribution in [1.29, 1.82) is 0 Å². The van der Waals surface area contributed by atoms with E-state index in [0.717, 1.165) is 16.3 Å². The molecule has 0 radical (unpaired) electrons. The highest BCUT2D eigenvalue weighted by Crippen LogP contribution is 2.26. The van der Waals surface area contributed by atoms with Crippen LogP contribution in [0.2, 0.25) is 0 Å². The van der Waals surface area contributed by atoms with Gasteiger partial charge in [-0.2, -0.15) is 0 Å². The van der Waals surface area contributed by atoms with Gasteiger partial charge in [0.05, 0.1) is 17.3 Å². The highest BCUT2D eigenvalue weighted by Gasteiger charge is 2.16. The Morgan fingerprint density at radius 3 is 2.70 bits per heavy atom. The van der Waals surface area contributed by atoms with E-state index in [1.165, 1.54) is 11.3 Å². The van der Waals surface area contributed by atoms with Crippen LogP contribution in [0.15, 0.2) is 24.3 Å². The van der Waals surface area contributed by atoms with E-state index in [1.807, 2.05) is 38.1 Å². The maximum Gasteiger partial charge on any atom is 0.347 e. The molecule has 1 N–H and O–H groups in total. The average molecular weight is 291 g/mol. The minimum Gasteiger partial charge on any atom is -0.494 e. The quantitative estimate of drug-likeness (QED) is 0.886. The van der Waals surface area contributed by atoms with Crippen LogP contribution >= 0.6 is 11.3 Å². The topological polar surface area (TPSA) is 59.4 Å². The molecule has 0 atom stereocenters. The van der Waals surface area contributed by atoms with Crippen LogP contribution in [-0.4, -0.2) is 22.7 Å². The monoisotopic (exact) mass is 291 g/mol. The Morgan fingerprint density at radius 1 is 1.35 bits per heavy atom. The molecule has 0 aliphatic heterocycles. The number of thiazole rings is 1. The second-order valence-corrected chi connectivity index (χ2v) is 5.34. The van der Waals surface area contributed by atoms with Gasteiger partial charge in [-0.05, 0) is 19.4 Å². The van der Waals surface area contributed by atoms with Gasteiger partial charge in [-0.1, -0.05) is 25.1 Å². The minimum atomic E-state index is -0.899. The number of carbonyl (C=O) groups is 1. The summed E-state index contributed by atoms with van der Waals surface area (Å²) in [5.74, 6) is -0.0659. The smallest absolute Gasteiger partial charge is 0.347 e. The van der Waals surface area contributed by atoms with E-state index in [1.54, 1.807) is 0 Å². The first-order chi connectivity index (χ1) is 9.65. The molecule has 2 aromatic rings. The van der Waals surface area contributed by atoms with E-state index in [0.29, 0.717) is 30.0 Å². The number of aromatic nitrogens is 1. The fourth-order valence-corrected chi connectivity index (χ4v) is 3.01. The fourth-order valence-electron chi connectivity index (χ4n) is 1.99. The number of aryl methyl sites for hydroxylation is 1. The molecule has 20 heavy (non-hydrogen) atoms. The van der Waals surface area contributed by atoms with Crippen molar-refractivity contribution in [3.05, 3.63) is 45.4 Å². The number of ether oxygens (including phenoxy) is 1. The van der Waals surface area contributed by atoms with Crippen LogP contribution in [0, 0.1) is 0 Å². The van der Waals surface area contributed by atoms with Gasteiger partial charge in [0.15, 0.2) is 0 Å². The molecule has 0 amide bonds. The maximum atomic E-state index is 11.2. The predicted octanol–water partition coefficient (Wildman–Crippen LogP) is 3.39. The molecule has 2 rings (SSSR count). The minimum absolute atomic E-state index is 0.344. The molecule has 0 aliphatic rings. The molecule has 106 valence electrons. The summed E-state index contributed by atoms with van der Waals surface area (Å²) in [5, 5.41) is 9.97. The van der Waals surface area contributed by atoms with Crippen LogP contribution in [0.1, 0.15) is 39.8 Å². The van der Waals surface area contributed by atoms with Crippen LogP contribution in [0.3, 0.4) is 0 Å². The normalized spacial score (nSPS) is 10.5. The number of nitrogens with zero attached hydrogens (tertiary/aromatic N) is 1. The number of carboxylic acid groups (broad SMARTS) is 1. The summed E-state index contributed by atoms with van der Waals surface area (Å²) in [6.07, 6.45) is 1.23. The van der Waals surface area contributed by atoms with Crippen molar-refractivity contribution in [1.82, 2.24) is 4.98 Å². The molecule has 4 nitrogen and oxygen atoms in total. The van der Waals surface area contributed by atoms with Crippen LogP contribution in [0.4, 0.5) is 0 Å². The van der Waals surface area contributed by atoms with Crippen LogP contribution in [-0.2, 0) is 12.8 Å². The molecule has 0 saturated heterocycles. The lowest BCUT2D eigenvalue weighted by atomic mass is 10.1. The third-order valence-electron chi connectivity index (χ3n) is 2.88. The molecule has 5 heteroatoms. The van der Waals surface area contributed by atoms with Crippen molar-refractivity contribution in [2.45, 2.75) is 26.7 Å². The zero-order valence-corrected chi connectivity index (χ0v) is 12.4.